The van der Waals surface area contributed by atoms with E-state index >= 15 is 0 Å². The summed E-state index contributed by atoms with van der Waals surface area (Å²) in [6.07, 6.45) is -0.234. The number of esters is 1. The third kappa shape index (κ3) is 3.17. The van der Waals surface area contributed by atoms with Crippen LogP contribution in [0, 0.1) is 0 Å². The van der Waals surface area contributed by atoms with Gasteiger partial charge in [0.05, 0.1) is 12.9 Å². The van der Waals surface area contributed by atoms with Crippen molar-refractivity contribution in [2.45, 2.75) is 6.42 Å². The number of carbonyl (C=O) groups is 3. The Morgan fingerprint density at radius 1 is 1.64 bits per heavy atom. The molecule has 0 saturated heterocycles. The zero-order valence-electron chi connectivity index (χ0n) is 7.40. The van der Waals surface area contributed by atoms with Crippen molar-refractivity contribution in [1.29, 1.82) is 0 Å². The summed E-state index contributed by atoms with van der Waals surface area (Å²) in [7, 11) is 1.26. The summed E-state index contributed by atoms with van der Waals surface area (Å²) in [4.78, 5) is 35.9. The summed E-state index contributed by atoms with van der Waals surface area (Å²) in [5.74, 6) is -1.33. The zero-order valence-corrected chi connectivity index (χ0v) is 8.22. The normalized spacial score (nSPS) is 15.9. The van der Waals surface area contributed by atoms with E-state index in [0.717, 1.165) is 11.8 Å². The third-order valence-electron chi connectivity index (χ3n) is 1.34. The van der Waals surface area contributed by atoms with Gasteiger partial charge in [0, 0.05) is 0 Å². The number of nitrogens with one attached hydrogen (secondary N) is 1. The molecule has 14 heavy (non-hydrogen) atoms. The number of amidine groups is 1. The fourth-order valence-corrected chi connectivity index (χ4v) is 1.46. The molecule has 0 unspecified atom stereocenters. The summed E-state index contributed by atoms with van der Waals surface area (Å²) in [5.41, 5.74) is 0. The van der Waals surface area contributed by atoms with E-state index in [1.54, 1.807) is 0 Å². The molecule has 7 heteroatoms. The average molecular weight is 216 g/mol. The third-order valence-corrected chi connectivity index (χ3v) is 2.19. The number of methoxy groups -OCH3 is 1. The molecule has 0 aromatic rings. The van der Waals surface area contributed by atoms with Gasteiger partial charge in [0.1, 0.15) is 6.42 Å². The number of thioether (sulfide) groups is 1. The van der Waals surface area contributed by atoms with Gasteiger partial charge in [-0.2, -0.15) is 4.99 Å². The molecule has 76 valence electrons. The SMILES string of the molecule is COC(=O)CSC1=NC(=O)CC(=O)N1. The Morgan fingerprint density at radius 3 is 2.93 bits per heavy atom. The van der Waals surface area contributed by atoms with Gasteiger partial charge in [-0.1, -0.05) is 11.8 Å². The molecule has 1 aliphatic rings. The molecule has 1 N–H and O–H groups in total. The number of carbonyl (C=O) groups excluding carboxylic acids is 3. The molecule has 2 amide bonds. The second kappa shape index (κ2) is 4.75. The monoisotopic (exact) mass is 216 g/mol. The first-order valence-corrected chi connectivity index (χ1v) is 4.71. The second-order valence-corrected chi connectivity index (χ2v) is 3.36. The van der Waals surface area contributed by atoms with E-state index in [4.69, 9.17) is 0 Å². The van der Waals surface area contributed by atoms with Crippen LogP contribution >= 0.6 is 11.8 Å². The van der Waals surface area contributed by atoms with Crippen molar-refractivity contribution in [3.8, 4) is 0 Å². The van der Waals surface area contributed by atoms with Crippen molar-refractivity contribution < 1.29 is 19.1 Å². The minimum atomic E-state index is -0.499. The molecular formula is C7H8N2O4S. The van der Waals surface area contributed by atoms with E-state index in [2.05, 4.69) is 15.0 Å². The number of aliphatic imine (C=N–C) groups is 1. The largest absolute Gasteiger partial charge is 0.468 e. The van der Waals surface area contributed by atoms with Gasteiger partial charge in [0.2, 0.25) is 5.91 Å². The highest BCUT2D eigenvalue weighted by Crippen LogP contribution is 2.07. The van der Waals surface area contributed by atoms with Crippen LogP contribution in [0.15, 0.2) is 4.99 Å². The van der Waals surface area contributed by atoms with Gasteiger partial charge in [-0.15, -0.1) is 0 Å². The van der Waals surface area contributed by atoms with Crippen LogP contribution in [-0.4, -0.2) is 35.8 Å². The summed E-state index contributed by atoms with van der Waals surface area (Å²) in [5, 5.41) is 2.52. The van der Waals surface area contributed by atoms with Crippen molar-refractivity contribution in [2.75, 3.05) is 12.9 Å². The fourth-order valence-electron chi connectivity index (χ4n) is 0.736. The molecule has 1 heterocycles. The molecule has 0 atom stereocenters. The van der Waals surface area contributed by atoms with Gasteiger partial charge in [-0.3, -0.25) is 14.4 Å². The molecule has 0 saturated carbocycles. The lowest BCUT2D eigenvalue weighted by molar-refractivity contribution is -0.137. The van der Waals surface area contributed by atoms with Crippen LogP contribution in [-0.2, 0) is 19.1 Å². The molecule has 0 spiro atoms. The Bertz CT molecular complexity index is 313. The minimum Gasteiger partial charge on any atom is -0.468 e. The van der Waals surface area contributed by atoms with Crippen LogP contribution in [0.25, 0.3) is 0 Å². The predicted molar refractivity (Wildman–Crippen MR) is 49.7 cm³/mol. The molecule has 1 rings (SSSR count). The number of hydrogen-bond acceptors (Lipinski definition) is 5. The Balaban J connectivity index is 2.48. The number of ether oxygens (including phenoxy) is 1. The van der Waals surface area contributed by atoms with Crippen LogP contribution in [0.4, 0.5) is 0 Å². The molecule has 0 aromatic heterocycles. The summed E-state index contributed by atoms with van der Waals surface area (Å²) in [6, 6.07) is 0. The molecule has 0 fully saturated rings. The summed E-state index contributed by atoms with van der Waals surface area (Å²) < 4.78 is 4.38. The van der Waals surface area contributed by atoms with Gasteiger partial charge >= 0.3 is 5.97 Å². The molecule has 0 radical (unpaired) electrons. The maximum atomic E-state index is 10.9. The molecule has 0 aromatic carbocycles. The standard InChI is InChI=1S/C7H8N2O4S/c1-13-6(12)3-14-7-8-4(10)2-5(11)9-7/h2-3H2,1H3,(H,8,9,10,11). The Kier molecular flexibility index (Phi) is 3.63. The van der Waals surface area contributed by atoms with Gasteiger partial charge in [0.15, 0.2) is 5.17 Å². The lowest BCUT2D eigenvalue weighted by atomic mass is 10.4. The quantitative estimate of drug-likeness (QED) is 0.487. The Hall–Kier alpha value is -1.37. The number of nitrogens with zero attached hydrogens (tertiary/aromatic N) is 1. The summed E-state index contributed by atoms with van der Waals surface area (Å²) >= 11 is 0.960. The molecule has 6 nitrogen and oxygen atoms in total. The van der Waals surface area contributed by atoms with E-state index in [9.17, 15) is 14.4 Å². The van der Waals surface area contributed by atoms with Crippen LogP contribution in [0.1, 0.15) is 6.42 Å². The fraction of sp³-hybridized carbons (Fsp3) is 0.429. The van der Waals surface area contributed by atoms with Crippen LogP contribution in [0.3, 0.4) is 0 Å². The zero-order chi connectivity index (χ0) is 10.6. The van der Waals surface area contributed by atoms with E-state index < -0.39 is 17.8 Å². The number of rotatable bonds is 2. The molecule has 0 bridgehead atoms. The molecule has 0 aliphatic carbocycles. The highest BCUT2D eigenvalue weighted by atomic mass is 32.2. The van der Waals surface area contributed by atoms with Gasteiger partial charge < -0.3 is 10.1 Å². The van der Waals surface area contributed by atoms with E-state index in [0.29, 0.717) is 0 Å². The average Bonchev–Trinajstić information content (AvgIpc) is 2.12. The smallest absolute Gasteiger partial charge is 0.316 e. The lowest BCUT2D eigenvalue weighted by Gasteiger charge is -2.10. The van der Waals surface area contributed by atoms with E-state index in [-0.39, 0.29) is 17.3 Å². The van der Waals surface area contributed by atoms with Crippen molar-refractivity contribution in [3.05, 3.63) is 0 Å². The Labute approximate surface area is 84.1 Å². The highest BCUT2D eigenvalue weighted by Gasteiger charge is 2.19. The number of amides is 2. The lowest BCUT2D eigenvalue weighted by Crippen LogP contribution is -2.35. The van der Waals surface area contributed by atoms with Crippen LogP contribution in [0.5, 0.6) is 0 Å². The second-order valence-electron chi connectivity index (χ2n) is 2.40. The minimum absolute atomic E-state index is 0.0168. The van der Waals surface area contributed by atoms with E-state index in [1.165, 1.54) is 7.11 Å². The van der Waals surface area contributed by atoms with Gasteiger partial charge in [0.25, 0.3) is 5.91 Å². The van der Waals surface area contributed by atoms with Crippen molar-refractivity contribution in [2.24, 2.45) is 4.99 Å². The topological polar surface area (TPSA) is 84.8 Å². The summed E-state index contributed by atoms with van der Waals surface area (Å²) in [6.45, 7) is 0. The first-order chi connectivity index (χ1) is 6.61. The van der Waals surface area contributed by atoms with Crippen molar-refractivity contribution >= 4 is 34.7 Å². The van der Waals surface area contributed by atoms with Crippen molar-refractivity contribution in [3.63, 3.8) is 0 Å². The van der Waals surface area contributed by atoms with Crippen LogP contribution < -0.4 is 5.32 Å². The molecular weight excluding hydrogens is 208 g/mol. The maximum Gasteiger partial charge on any atom is 0.316 e. The first-order valence-electron chi connectivity index (χ1n) is 3.73. The first kappa shape index (κ1) is 10.7. The van der Waals surface area contributed by atoms with Gasteiger partial charge in [-0.05, 0) is 0 Å². The highest BCUT2D eigenvalue weighted by molar-refractivity contribution is 8.14. The van der Waals surface area contributed by atoms with Crippen molar-refractivity contribution in [1.82, 2.24) is 5.32 Å². The van der Waals surface area contributed by atoms with Crippen LogP contribution in [0.2, 0.25) is 0 Å². The molecule has 1 aliphatic heterocycles. The number of hydrogen-bond donors (Lipinski definition) is 1. The predicted octanol–water partition coefficient (Wildman–Crippen LogP) is -0.705. The maximum absolute atomic E-state index is 10.9. The van der Waals surface area contributed by atoms with Gasteiger partial charge in [-0.25, -0.2) is 0 Å². The van der Waals surface area contributed by atoms with E-state index in [1.807, 2.05) is 0 Å². The Morgan fingerprint density at radius 2 is 2.36 bits per heavy atom.